The fourth-order valence-corrected chi connectivity index (χ4v) is 3.91. The Kier molecular flexibility index (Phi) is 3.52. The normalized spacial score (nSPS) is 20.5. The van der Waals surface area contributed by atoms with Crippen molar-refractivity contribution in [3.63, 3.8) is 0 Å². The van der Waals surface area contributed by atoms with E-state index in [0.29, 0.717) is 36.9 Å². The number of benzene rings is 1. The van der Waals surface area contributed by atoms with Crippen LogP contribution in [0.2, 0.25) is 0 Å². The van der Waals surface area contributed by atoms with Crippen LogP contribution in [-0.4, -0.2) is 38.4 Å². The van der Waals surface area contributed by atoms with Gasteiger partial charge in [-0.2, -0.15) is 0 Å². The Hall–Kier alpha value is -1.76. The molecular weight excluding hydrogens is 294 g/mol. The molecule has 21 heavy (non-hydrogen) atoms. The van der Waals surface area contributed by atoms with Gasteiger partial charge in [-0.15, -0.1) is 0 Å². The van der Waals surface area contributed by atoms with Crippen LogP contribution in [-0.2, 0) is 10.0 Å². The Morgan fingerprint density at radius 2 is 2.10 bits per heavy atom. The first-order valence-corrected chi connectivity index (χ1v) is 8.58. The van der Waals surface area contributed by atoms with Crippen LogP contribution in [0.4, 0.5) is 5.69 Å². The van der Waals surface area contributed by atoms with Crippen molar-refractivity contribution in [1.29, 1.82) is 0 Å². The van der Waals surface area contributed by atoms with Crippen LogP contribution >= 0.6 is 0 Å². The molecule has 7 heteroatoms. The minimum atomic E-state index is -3.33. The number of hydrogen-bond acceptors (Lipinski definition) is 4. The largest absolute Gasteiger partial charge is 0.493 e. The number of hydrogen-bond donors (Lipinski definition) is 1. The van der Waals surface area contributed by atoms with E-state index >= 15 is 0 Å². The summed E-state index contributed by atoms with van der Waals surface area (Å²) in [6.07, 6.45) is 2.82. The summed E-state index contributed by atoms with van der Waals surface area (Å²) >= 11 is 0. The summed E-state index contributed by atoms with van der Waals surface area (Å²) in [5, 5.41) is 9.17. The third kappa shape index (κ3) is 3.12. The Labute approximate surface area is 123 Å². The van der Waals surface area contributed by atoms with Gasteiger partial charge in [-0.1, -0.05) is 0 Å². The second kappa shape index (κ2) is 5.22. The molecule has 0 unspecified atom stereocenters. The third-order valence-corrected chi connectivity index (χ3v) is 5.58. The minimum Gasteiger partial charge on any atom is -0.493 e. The molecule has 2 aliphatic rings. The molecule has 3 rings (SSSR count). The van der Waals surface area contributed by atoms with Gasteiger partial charge in [0, 0.05) is 12.6 Å². The van der Waals surface area contributed by atoms with Crippen LogP contribution in [0.25, 0.3) is 0 Å². The first-order valence-electron chi connectivity index (χ1n) is 6.97. The lowest BCUT2D eigenvalue weighted by molar-refractivity contribution is 0.0696. The number of rotatable bonds is 5. The van der Waals surface area contributed by atoms with E-state index in [1.807, 2.05) is 0 Å². The van der Waals surface area contributed by atoms with Crippen molar-refractivity contribution in [1.82, 2.24) is 0 Å². The fourth-order valence-electron chi connectivity index (χ4n) is 2.36. The van der Waals surface area contributed by atoms with E-state index in [-0.39, 0.29) is 11.3 Å². The molecule has 1 aliphatic carbocycles. The smallest absolute Gasteiger partial charge is 0.335 e. The van der Waals surface area contributed by atoms with Crippen molar-refractivity contribution < 1.29 is 23.1 Å². The van der Waals surface area contributed by atoms with E-state index in [9.17, 15) is 18.3 Å². The maximum Gasteiger partial charge on any atom is 0.335 e. The maximum absolute atomic E-state index is 12.0. The fraction of sp³-hybridized carbons (Fsp3) is 0.500. The quantitative estimate of drug-likeness (QED) is 0.895. The number of carbonyl (C=O) groups is 1. The highest BCUT2D eigenvalue weighted by atomic mass is 32.2. The average Bonchev–Trinajstić information content (AvgIpc) is 3.19. The molecule has 1 saturated carbocycles. The number of sulfonamides is 1. The summed E-state index contributed by atoms with van der Waals surface area (Å²) in [5.74, 6) is -0.0381. The number of carboxylic acids is 1. The van der Waals surface area contributed by atoms with Gasteiger partial charge >= 0.3 is 5.97 Å². The second-order valence-electron chi connectivity index (χ2n) is 5.52. The molecule has 0 amide bonds. The zero-order valence-electron chi connectivity index (χ0n) is 11.5. The van der Waals surface area contributed by atoms with E-state index < -0.39 is 16.0 Å². The van der Waals surface area contributed by atoms with E-state index in [4.69, 9.17) is 4.74 Å². The number of carboxylic acid groups (broad SMARTS) is 1. The lowest BCUT2D eigenvalue weighted by Gasteiger charge is -2.18. The summed E-state index contributed by atoms with van der Waals surface area (Å²) in [6.45, 7) is 0.933. The van der Waals surface area contributed by atoms with Gasteiger partial charge in [-0.25, -0.2) is 13.2 Å². The van der Waals surface area contributed by atoms with Crippen LogP contribution in [0.15, 0.2) is 18.2 Å². The molecule has 0 spiro atoms. The van der Waals surface area contributed by atoms with Gasteiger partial charge in [0.1, 0.15) is 5.75 Å². The zero-order chi connectivity index (χ0) is 15.0. The van der Waals surface area contributed by atoms with E-state index in [2.05, 4.69) is 0 Å². The molecule has 1 aromatic carbocycles. The Morgan fingerprint density at radius 3 is 2.67 bits per heavy atom. The molecule has 0 aromatic heterocycles. The summed E-state index contributed by atoms with van der Waals surface area (Å²) in [5.41, 5.74) is 0.415. The molecule has 2 fully saturated rings. The van der Waals surface area contributed by atoms with Crippen LogP contribution in [0, 0.1) is 5.92 Å². The highest BCUT2D eigenvalue weighted by Crippen LogP contribution is 2.32. The number of anilines is 1. The lowest BCUT2D eigenvalue weighted by atomic mass is 10.2. The standard InChI is InChI=1S/C14H17NO5S/c16-14(17)11-6-12(15-4-1-5-21(15,18)19)8-13(7-11)20-9-10-2-3-10/h6-8,10H,1-5,9H2,(H,16,17). The van der Waals surface area contributed by atoms with Gasteiger partial charge in [-0.05, 0) is 37.3 Å². The molecular formula is C14H17NO5S. The number of aromatic carboxylic acids is 1. The predicted octanol–water partition coefficient (Wildman–Crippen LogP) is 1.71. The number of ether oxygens (including phenoxy) is 1. The Bertz CT molecular complexity index is 666. The predicted molar refractivity (Wildman–Crippen MR) is 77.4 cm³/mol. The van der Waals surface area contributed by atoms with E-state index in [1.54, 1.807) is 6.07 Å². The van der Waals surface area contributed by atoms with Crippen LogP contribution in [0.3, 0.4) is 0 Å². The van der Waals surface area contributed by atoms with Gasteiger partial charge < -0.3 is 9.84 Å². The van der Waals surface area contributed by atoms with Crippen LogP contribution in [0.5, 0.6) is 5.75 Å². The lowest BCUT2D eigenvalue weighted by Crippen LogP contribution is -2.25. The van der Waals surface area contributed by atoms with Crippen molar-refractivity contribution in [2.24, 2.45) is 5.92 Å². The molecule has 1 aromatic rings. The molecule has 0 radical (unpaired) electrons. The van der Waals surface area contributed by atoms with Gasteiger partial charge in [0.2, 0.25) is 10.0 Å². The third-order valence-electron chi connectivity index (χ3n) is 3.71. The van der Waals surface area contributed by atoms with E-state index in [0.717, 1.165) is 12.8 Å². The highest BCUT2D eigenvalue weighted by molar-refractivity contribution is 7.93. The zero-order valence-corrected chi connectivity index (χ0v) is 12.3. The van der Waals surface area contributed by atoms with Crippen LogP contribution < -0.4 is 9.04 Å². The SMILES string of the molecule is O=C(O)c1cc(OCC2CC2)cc(N2CCCS2(=O)=O)c1. The molecule has 1 saturated heterocycles. The average molecular weight is 311 g/mol. The molecule has 1 aliphatic heterocycles. The molecule has 0 bridgehead atoms. The summed E-state index contributed by atoms with van der Waals surface area (Å²) in [4.78, 5) is 11.2. The van der Waals surface area contributed by atoms with Crippen molar-refractivity contribution in [2.75, 3.05) is 23.2 Å². The molecule has 1 heterocycles. The first-order chi connectivity index (χ1) is 9.95. The van der Waals surface area contributed by atoms with Crippen molar-refractivity contribution >= 4 is 21.7 Å². The number of nitrogens with zero attached hydrogens (tertiary/aromatic N) is 1. The molecule has 1 N–H and O–H groups in total. The Balaban J connectivity index is 1.92. The van der Waals surface area contributed by atoms with Crippen LogP contribution in [0.1, 0.15) is 29.6 Å². The summed E-state index contributed by atoms with van der Waals surface area (Å²) in [6, 6.07) is 4.43. The topological polar surface area (TPSA) is 83.9 Å². The first kappa shape index (κ1) is 14.2. The molecule has 6 nitrogen and oxygen atoms in total. The molecule has 114 valence electrons. The highest BCUT2D eigenvalue weighted by Gasteiger charge is 2.29. The summed E-state index contributed by atoms with van der Waals surface area (Å²) < 4.78 is 30.8. The van der Waals surface area contributed by atoms with Crippen molar-refractivity contribution in [3.05, 3.63) is 23.8 Å². The Morgan fingerprint density at radius 1 is 1.33 bits per heavy atom. The minimum absolute atomic E-state index is 0.0420. The summed E-state index contributed by atoms with van der Waals surface area (Å²) in [7, 11) is -3.33. The van der Waals surface area contributed by atoms with Gasteiger partial charge in [0.05, 0.1) is 23.6 Å². The molecule has 0 atom stereocenters. The maximum atomic E-state index is 12.0. The van der Waals surface area contributed by atoms with Gasteiger partial charge in [0.15, 0.2) is 0 Å². The monoisotopic (exact) mass is 311 g/mol. The van der Waals surface area contributed by atoms with Crippen molar-refractivity contribution in [3.8, 4) is 5.75 Å². The van der Waals surface area contributed by atoms with Gasteiger partial charge in [0.25, 0.3) is 0 Å². The second-order valence-corrected chi connectivity index (χ2v) is 7.53. The van der Waals surface area contributed by atoms with E-state index in [1.165, 1.54) is 16.4 Å². The van der Waals surface area contributed by atoms with Crippen molar-refractivity contribution in [2.45, 2.75) is 19.3 Å². The van der Waals surface area contributed by atoms with Gasteiger partial charge in [-0.3, -0.25) is 4.31 Å².